The lowest BCUT2D eigenvalue weighted by molar-refractivity contribution is -0.137. The zero-order valence-electron chi connectivity index (χ0n) is 26.1. The predicted octanol–water partition coefficient (Wildman–Crippen LogP) is 7.59. The molecule has 4 aromatic carbocycles. The number of hydrogen-bond donors (Lipinski definition) is 0. The molecule has 0 bridgehead atoms. The third kappa shape index (κ3) is 8.72. The fourth-order valence-electron chi connectivity index (χ4n) is 5.73. The zero-order valence-corrected chi connectivity index (χ0v) is 26.9. The Hall–Kier alpha value is -4.35. The SMILES string of the molecule is C[C@@H](COC(=O)N1CCC(N(c2ccccc2)S(=O)(=O)c2ccc(C(F)(F)F)cc2)CC1)N(Cc1ccccc1)Cc1ccccc1. The van der Waals surface area contributed by atoms with Crippen molar-refractivity contribution in [2.75, 3.05) is 24.0 Å². The first-order valence-electron chi connectivity index (χ1n) is 15.5. The minimum atomic E-state index is -4.58. The molecule has 248 valence electrons. The summed E-state index contributed by atoms with van der Waals surface area (Å²) >= 11 is 0. The van der Waals surface area contributed by atoms with Crippen LogP contribution < -0.4 is 4.31 Å². The molecule has 1 saturated heterocycles. The van der Waals surface area contributed by atoms with Crippen molar-refractivity contribution in [2.24, 2.45) is 0 Å². The molecule has 0 saturated carbocycles. The first-order valence-corrected chi connectivity index (χ1v) is 17.0. The number of sulfonamides is 1. The van der Waals surface area contributed by atoms with Crippen molar-refractivity contribution in [2.45, 2.75) is 56.0 Å². The topological polar surface area (TPSA) is 70.2 Å². The van der Waals surface area contributed by atoms with Gasteiger partial charge in [-0.3, -0.25) is 9.21 Å². The molecule has 1 heterocycles. The average Bonchev–Trinajstić information content (AvgIpc) is 3.08. The summed E-state index contributed by atoms with van der Waals surface area (Å²) in [5.41, 5.74) is 1.78. The Labute approximate surface area is 274 Å². The molecule has 7 nitrogen and oxygen atoms in total. The molecule has 4 aromatic rings. The second-order valence-electron chi connectivity index (χ2n) is 11.7. The molecule has 47 heavy (non-hydrogen) atoms. The molecule has 1 fully saturated rings. The summed E-state index contributed by atoms with van der Waals surface area (Å²) in [4.78, 5) is 16.8. The summed E-state index contributed by atoms with van der Waals surface area (Å²) in [6.07, 6.45) is -4.39. The normalized spacial score (nSPS) is 15.0. The third-order valence-electron chi connectivity index (χ3n) is 8.33. The number of hydrogen-bond acceptors (Lipinski definition) is 5. The highest BCUT2D eigenvalue weighted by atomic mass is 32.2. The number of amides is 1. The number of alkyl halides is 3. The van der Waals surface area contributed by atoms with Crippen molar-refractivity contribution in [3.8, 4) is 0 Å². The number of rotatable bonds is 11. The zero-order chi connectivity index (χ0) is 33.4. The van der Waals surface area contributed by atoms with E-state index in [1.807, 2.05) is 43.3 Å². The summed E-state index contributed by atoms with van der Waals surface area (Å²) in [6.45, 7) is 4.10. The fraction of sp³-hybridized carbons (Fsp3) is 0.306. The maximum absolute atomic E-state index is 13.8. The maximum Gasteiger partial charge on any atom is 0.416 e. The molecule has 0 N–H and O–H groups in total. The van der Waals surface area contributed by atoms with Crippen LogP contribution in [0, 0.1) is 0 Å². The third-order valence-corrected chi connectivity index (χ3v) is 10.2. The van der Waals surface area contributed by atoms with Gasteiger partial charge in [0.1, 0.15) is 6.61 Å². The van der Waals surface area contributed by atoms with Crippen LogP contribution >= 0.6 is 0 Å². The van der Waals surface area contributed by atoms with E-state index < -0.39 is 33.9 Å². The number of carbonyl (C=O) groups excluding carboxylic acids is 1. The Morgan fingerprint density at radius 1 is 0.809 bits per heavy atom. The fourth-order valence-corrected chi connectivity index (χ4v) is 7.43. The van der Waals surface area contributed by atoms with Crippen molar-refractivity contribution in [1.82, 2.24) is 9.80 Å². The van der Waals surface area contributed by atoms with E-state index in [1.165, 1.54) is 4.31 Å². The van der Waals surface area contributed by atoms with Gasteiger partial charge in [0.15, 0.2) is 0 Å². The highest BCUT2D eigenvalue weighted by molar-refractivity contribution is 7.92. The molecule has 0 aromatic heterocycles. The second-order valence-corrected chi connectivity index (χ2v) is 13.5. The van der Waals surface area contributed by atoms with E-state index in [4.69, 9.17) is 4.74 Å². The molecule has 0 radical (unpaired) electrons. The van der Waals surface area contributed by atoms with Gasteiger partial charge in [0.25, 0.3) is 10.0 Å². The first-order chi connectivity index (χ1) is 22.5. The quantitative estimate of drug-likeness (QED) is 0.165. The predicted molar refractivity (Wildman–Crippen MR) is 175 cm³/mol. The van der Waals surface area contributed by atoms with Crippen LogP contribution in [0.25, 0.3) is 0 Å². The van der Waals surface area contributed by atoms with Crippen molar-refractivity contribution < 1.29 is 31.1 Å². The minimum absolute atomic E-state index is 0.0839. The molecule has 5 rings (SSSR count). The molecular weight excluding hydrogens is 627 g/mol. The van der Waals surface area contributed by atoms with Crippen molar-refractivity contribution in [1.29, 1.82) is 0 Å². The van der Waals surface area contributed by atoms with E-state index in [9.17, 15) is 26.4 Å². The van der Waals surface area contributed by atoms with E-state index in [-0.39, 0.29) is 30.6 Å². The molecule has 0 spiro atoms. The number of benzene rings is 4. The average molecular weight is 666 g/mol. The van der Waals surface area contributed by atoms with E-state index in [1.54, 1.807) is 35.2 Å². The number of ether oxygens (including phenoxy) is 1. The number of nitrogens with zero attached hydrogens (tertiary/aromatic N) is 3. The van der Waals surface area contributed by atoms with Crippen LogP contribution in [0.4, 0.5) is 23.7 Å². The molecule has 1 amide bonds. The summed E-state index contributed by atoms with van der Waals surface area (Å²) < 4.78 is 74.2. The lowest BCUT2D eigenvalue weighted by atomic mass is 10.0. The van der Waals surface area contributed by atoms with Crippen molar-refractivity contribution in [3.05, 3.63) is 132 Å². The number of anilines is 1. The van der Waals surface area contributed by atoms with Gasteiger partial charge in [-0.25, -0.2) is 13.2 Å². The lowest BCUT2D eigenvalue weighted by Gasteiger charge is -2.38. The Bertz CT molecular complexity index is 1640. The summed E-state index contributed by atoms with van der Waals surface area (Å²) in [5.74, 6) is 0. The van der Waals surface area contributed by atoms with E-state index in [2.05, 4.69) is 29.2 Å². The highest BCUT2D eigenvalue weighted by Gasteiger charge is 2.36. The number of para-hydroxylation sites is 1. The Morgan fingerprint density at radius 3 is 1.79 bits per heavy atom. The largest absolute Gasteiger partial charge is 0.448 e. The highest BCUT2D eigenvalue weighted by Crippen LogP contribution is 2.33. The molecule has 11 heteroatoms. The van der Waals surface area contributed by atoms with Gasteiger partial charge in [-0.2, -0.15) is 13.2 Å². The molecule has 0 aliphatic carbocycles. The van der Waals surface area contributed by atoms with Crippen LogP contribution in [0.2, 0.25) is 0 Å². The van der Waals surface area contributed by atoms with Crippen LogP contribution in [0.15, 0.2) is 120 Å². The monoisotopic (exact) mass is 665 g/mol. The molecule has 1 aliphatic rings. The van der Waals surface area contributed by atoms with Gasteiger partial charge in [0.2, 0.25) is 0 Å². The number of piperidine rings is 1. The first kappa shape index (κ1) is 34.0. The molecular formula is C36H38F3N3O4S. The minimum Gasteiger partial charge on any atom is -0.448 e. The van der Waals surface area contributed by atoms with Gasteiger partial charge in [-0.15, -0.1) is 0 Å². The maximum atomic E-state index is 13.8. The van der Waals surface area contributed by atoms with E-state index in [0.717, 1.165) is 35.4 Å². The standard InChI is InChI=1S/C36H38F3N3O4S/c1-28(41(25-29-11-5-2-6-12-29)26-30-13-7-3-8-14-30)27-46-35(43)40-23-21-33(22-24-40)42(32-15-9-4-10-16-32)47(44,45)34-19-17-31(18-20-34)36(37,38)39/h2-20,28,33H,21-27H2,1H3/t28-/m0/s1. The van der Waals surface area contributed by atoms with E-state index >= 15 is 0 Å². The van der Waals surface area contributed by atoms with Gasteiger partial charge in [-0.1, -0.05) is 78.9 Å². The van der Waals surface area contributed by atoms with Crippen LogP contribution in [-0.2, 0) is 34.0 Å². The smallest absolute Gasteiger partial charge is 0.416 e. The van der Waals surface area contributed by atoms with Crippen LogP contribution in [0.1, 0.15) is 36.5 Å². The summed E-state index contributed by atoms with van der Waals surface area (Å²) in [6, 6.07) is 31.6. The number of carbonyl (C=O) groups is 1. The lowest BCUT2D eigenvalue weighted by Crippen LogP contribution is -2.49. The van der Waals surface area contributed by atoms with Gasteiger partial charge in [0.05, 0.1) is 16.1 Å². The Kier molecular flexibility index (Phi) is 10.9. The van der Waals surface area contributed by atoms with Crippen molar-refractivity contribution >= 4 is 21.8 Å². The second kappa shape index (κ2) is 15.0. The van der Waals surface area contributed by atoms with Crippen LogP contribution in [-0.4, -0.2) is 56.1 Å². The van der Waals surface area contributed by atoms with Crippen LogP contribution in [0.5, 0.6) is 0 Å². The Balaban J connectivity index is 1.23. The molecule has 1 atom stereocenters. The van der Waals surface area contributed by atoms with Crippen molar-refractivity contribution in [3.63, 3.8) is 0 Å². The van der Waals surface area contributed by atoms with Gasteiger partial charge >= 0.3 is 12.3 Å². The van der Waals surface area contributed by atoms with Gasteiger partial charge in [0, 0.05) is 38.3 Å². The number of halogens is 3. The molecule has 1 aliphatic heterocycles. The number of likely N-dealkylation sites (tertiary alicyclic amines) is 1. The molecule has 0 unspecified atom stereocenters. The van der Waals surface area contributed by atoms with Crippen LogP contribution in [0.3, 0.4) is 0 Å². The van der Waals surface area contributed by atoms with Gasteiger partial charge < -0.3 is 9.64 Å². The summed E-state index contributed by atoms with van der Waals surface area (Å²) in [7, 11) is -4.21. The Morgan fingerprint density at radius 2 is 1.30 bits per heavy atom. The van der Waals surface area contributed by atoms with E-state index in [0.29, 0.717) is 31.6 Å². The summed E-state index contributed by atoms with van der Waals surface area (Å²) in [5, 5.41) is 0. The van der Waals surface area contributed by atoms with Gasteiger partial charge in [-0.05, 0) is 67.3 Å².